The van der Waals surface area contributed by atoms with Gasteiger partial charge in [-0.3, -0.25) is 4.79 Å². The molecule has 2 unspecified atom stereocenters. The summed E-state index contributed by atoms with van der Waals surface area (Å²) in [4.78, 5) is 24.7. The van der Waals surface area contributed by atoms with Crippen LogP contribution in [0.15, 0.2) is 59.5 Å². The first-order valence-corrected chi connectivity index (χ1v) is 13.0. The molecule has 2 atom stereocenters. The van der Waals surface area contributed by atoms with E-state index in [1.165, 1.54) is 24.3 Å². The number of hydrogen-bond acceptors (Lipinski definition) is 5. The number of rotatable bonds is 7. The van der Waals surface area contributed by atoms with E-state index in [-0.39, 0.29) is 27.3 Å². The Morgan fingerprint density at radius 2 is 1.79 bits per heavy atom. The molecular formula is C26H32N2O5S. The molecule has 1 aliphatic heterocycles. The highest BCUT2D eigenvalue weighted by atomic mass is 32.2. The number of benzene rings is 2. The highest BCUT2D eigenvalue weighted by Crippen LogP contribution is 2.53. The second kappa shape index (κ2) is 9.15. The lowest BCUT2D eigenvalue weighted by Crippen LogP contribution is -2.37. The highest BCUT2D eigenvalue weighted by molar-refractivity contribution is 7.89. The quantitative estimate of drug-likeness (QED) is 0.604. The molecule has 0 spiro atoms. The van der Waals surface area contributed by atoms with E-state index >= 15 is 0 Å². The van der Waals surface area contributed by atoms with Crippen molar-refractivity contribution in [1.29, 1.82) is 0 Å². The summed E-state index contributed by atoms with van der Waals surface area (Å²) in [6.07, 6.45) is 2.67. The van der Waals surface area contributed by atoms with Crippen molar-refractivity contribution in [3.05, 3.63) is 65.7 Å². The van der Waals surface area contributed by atoms with Crippen molar-refractivity contribution in [2.45, 2.75) is 57.5 Å². The maximum Gasteiger partial charge on any atom is 0.338 e. The van der Waals surface area contributed by atoms with Crippen LogP contribution in [0.25, 0.3) is 0 Å². The average Bonchev–Trinajstić information content (AvgIpc) is 3.06. The molecule has 8 heteroatoms. The van der Waals surface area contributed by atoms with Gasteiger partial charge in [0.2, 0.25) is 10.0 Å². The van der Waals surface area contributed by atoms with Gasteiger partial charge in [-0.1, -0.05) is 57.2 Å². The summed E-state index contributed by atoms with van der Waals surface area (Å²) in [5.74, 6) is -1.17. The predicted octanol–water partition coefficient (Wildman–Crippen LogP) is 3.75. The standard InChI is InChI=1S/C26H32N2O5S/c1-25(2)13-21-14-26(3,17-25)18-28(21)34(31,32)22-11-7-10-20(12-22)24(30)33-16-23(29)27-15-19-8-5-4-6-9-19/h4-12,21H,13-18H2,1-3H3,(H,27,29). The molecule has 2 fully saturated rings. The van der Waals surface area contributed by atoms with Gasteiger partial charge in [-0.05, 0) is 53.9 Å². The minimum Gasteiger partial charge on any atom is -0.452 e. The van der Waals surface area contributed by atoms with Gasteiger partial charge in [0.25, 0.3) is 5.91 Å². The molecule has 2 aliphatic rings. The number of carbonyl (C=O) groups is 2. The lowest BCUT2D eigenvalue weighted by molar-refractivity contribution is -0.124. The van der Waals surface area contributed by atoms with Gasteiger partial charge in [-0.2, -0.15) is 4.31 Å². The largest absolute Gasteiger partial charge is 0.452 e. The van der Waals surface area contributed by atoms with E-state index in [0.29, 0.717) is 13.1 Å². The molecule has 1 heterocycles. The van der Waals surface area contributed by atoms with E-state index in [1.807, 2.05) is 30.3 Å². The molecule has 2 bridgehead atoms. The molecule has 1 N–H and O–H groups in total. The van der Waals surface area contributed by atoms with Crippen molar-refractivity contribution >= 4 is 21.9 Å². The second-order valence-corrected chi connectivity index (χ2v) is 12.5. The first-order chi connectivity index (χ1) is 16.0. The van der Waals surface area contributed by atoms with Gasteiger partial charge in [0.15, 0.2) is 6.61 Å². The fraction of sp³-hybridized carbons (Fsp3) is 0.462. The van der Waals surface area contributed by atoms with Gasteiger partial charge in [-0.15, -0.1) is 0 Å². The van der Waals surface area contributed by atoms with E-state index in [9.17, 15) is 18.0 Å². The van der Waals surface area contributed by atoms with Crippen LogP contribution in [0.3, 0.4) is 0 Å². The first-order valence-electron chi connectivity index (χ1n) is 11.6. The Labute approximate surface area is 201 Å². The van der Waals surface area contributed by atoms with Gasteiger partial charge in [0, 0.05) is 19.1 Å². The Balaban J connectivity index is 1.40. The summed E-state index contributed by atoms with van der Waals surface area (Å²) in [5, 5.41) is 2.69. The minimum atomic E-state index is -3.76. The molecule has 2 aromatic carbocycles. The molecule has 34 heavy (non-hydrogen) atoms. The van der Waals surface area contributed by atoms with Gasteiger partial charge < -0.3 is 10.1 Å². The van der Waals surface area contributed by atoms with Crippen LogP contribution in [0.1, 0.15) is 56.0 Å². The fourth-order valence-corrected chi connectivity index (χ4v) is 7.49. The molecule has 182 valence electrons. The molecule has 1 saturated carbocycles. The zero-order chi connectivity index (χ0) is 24.6. The average molecular weight is 485 g/mol. The van der Waals surface area contributed by atoms with Crippen molar-refractivity contribution in [1.82, 2.24) is 9.62 Å². The van der Waals surface area contributed by atoms with Gasteiger partial charge in [0.1, 0.15) is 0 Å². The first kappa shape index (κ1) is 24.4. The van der Waals surface area contributed by atoms with Crippen LogP contribution in [-0.4, -0.2) is 43.8 Å². The maximum atomic E-state index is 13.5. The predicted molar refractivity (Wildman–Crippen MR) is 128 cm³/mol. The third-order valence-corrected chi connectivity index (χ3v) is 8.60. The number of ether oxygens (including phenoxy) is 1. The van der Waals surface area contributed by atoms with Crippen molar-refractivity contribution in [3.8, 4) is 0 Å². The van der Waals surface area contributed by atoms with Crippen LogP contribution in [0.4, 0.5) is 0 Å². The number of esters is 1. The summed E-state index contributed by atoms with van der Waals surface area (Å²) in [6.45, 7) is 6.93. The van der Waals surface area contributed by atoms with E-state index in [0.717, 1.165) is 24.8 Å². The molecular weight excluding hydrogens is 452 g/mol. The van der Waals surface area contributed by atoms with Crippen LogP contribution >= 0.6 is 0 Å². The van der Waals surface area contributed by atoms with Gasteiger partial charge in [0.05, 0.1) is 10.5 Å². The van der Waals surface area contributed by atoms with Gasteiger partial charge >= 0.3 is 5.97 Å². The SMILES string of the molecule is CC1(C)CC2CC(C)(CN2S(=O)(=O)c2cccc(C(=O)OCC(=O)NCc3ccccc3)c2)C1. The summed E-state index contributed by atoms with van der Waals surface area (Å²) < 4.78 is 33.7. The Hall–Kier alpha value is -2.71. The molecule has 1 saturated heterocycles. The van der Waals surface area contributed by atoms with E-state index in [2.05, 4.69) is 26.1 Å². The summed E-state index contributed by atoms with van der Waals surface area (Å²) in [6, 6.07) is 15.2. The van der Waals surface area contributed by atoms with Crippen molar-refractivity contribution in [2.24, 2.45) is 10.8 Å². The fourth-order valence-electron chi connectivity index (χ4n) is 5.67. The Kier molecular flexibility index (Phi) is 6.57. The highest BCUT2D eigenvalue weighted by Gasteiger charge is 2.53. The molecule has 4 rings (SSSR count). The van der Waals surface area contributed by atoms with Crippen LogP contribution < -0.4 is 5.32 Å². The van der Waals surface area contributed by atoms with Crippen molar-refractivity contribution in [3.63, 3.8) is 0 Å². The Bertz CT molecular complexity index is 1180. The van der Waals surface area contributed by atoms with Crippen molar-refractivity contribution < 1.29 is 22.7 Å². The zero-order valence-corrected chi connectivity index (χ0v) is 20.7. The van der Waals surface area contributed by atoms with Crippen molar-refractivity contribution in [2.75, 3.05) is 13.2 Å². The minimum absolute atomic E-state index is 0.0386. The Morgan fingerprint density at radius 1 is 1.06 bits per heavy atom. The molecule has 7 nitrogen and oxygen atoms in total. The maximum absolute atomic E-state index is 13.5. The van der Waals surface area contributed by atoms with Crippen LogP contribution in [0, 0.1) is 10.8 Å². The third kappa shape index (κ3) is 5.33. The lowest BCUT2D eigenvalue weighted by Gasteiger charge is -2.39. The van der Waals surface area contributed by atoms with E-state index in [1.54, 1.807) is 4.31 Å². The number of nitrogens with zero attached hydrogens (tertiary/aromatic N) is 1. The zero-order valence-electron chi connectivity index (χ0n) is 19.9. The van der Waals surface area contributed by atoms with E-state index < -0.39 is 28.5 Å². The topological polar surface area (TPSA) is 92.8 Å². The van der Waals surface area contributed by atoms with Gasteiger partial charge in [-0.25, -0.2) is 13.2 Å². The lowest BCUT2D eigenvalue weighted by atomic mass is 9.65. The molecule has 0 radical (unpaired) electrons. The molecule has 1 aliphatic carbocycles. The van der Waals surface area contributed by atoms with Crippen LogP contribution in [0.2, 0.25) is 0 Å². The summed E-state index contributed by atoms with van der Waals surface area (Å²) in [7, 11) is -3.76. The number of nitrogens with one attached hydrogen (secondary N) is 1. The summed E-state index contributed by atoms with van der Waals surface area (Å²) in [5.41, 5.74) is 1.09. The summed E-state index contributed by atoms with van der Waals surface area (Å²) >= 11 is 0. The van der Waals surface area contributed by atoms with Crippen LogP contribution in [0.5, 0.6) is 0 Å². The number of fused-ring (bicyclic) bond motifs is 2. The number of hydrogen-bond donors (Lipinski definition) is 1. The van der Waals surface area contributed by atoms with Crippen LogP contribution in [-0.2, 0) is 26.1 Å². The third-order valence-electron chi connectivity index (χ3n) is 6.71. The second-order valence-electron chi connectivity index (χ2n) is 10.6. The number of sulfonamides is 1. The number of carbonyl (C=O) groups excluding carboxylic acids is 2. The number of amides is 1. The molecule has 2 aromatic rings. The van der Waals surface area contributed by atoms with E-state index in [4.69, 9.17) is 4.74 Å². The Morgan fingerprint density at radius 3 is 2.53 bits per heavy atom. The monoisotopic (exact) mass is 484 g/mol. The smallest absolute Gasteiger partial charge is 0.338 e. The molecule has 0 aromatic heterocycles. The normalized spacial score (nSPS) is 23.9. The molecule has 1 amide bonds.